The van der Waals surface area contributed by atoms with Crippen molar-refractivity contribution >= 4 is 0 Å². The Kier molecular flexibility index (Phi) is 8.83. The number of nitrogens with zero attached hydrogens (tertiary/aromatic N) is 1. The first-order valence-corrected chi connectivity index (χ1v) is 7.07. The van der Waals surface area contributed by atoms with E-state index in [0.717, 1.165) is 32.5 Å². The first-order valence-electron chi connectivity index (χ1n) is 7.07. The predicted octanol–water partition coefficient (Wildman–Crippen LogP) is 2.64. The summed E-state index contributed by atoms with van der Waals surface area (Å²) in [4.78, 5) is 2.57. The molecule has 0 fully saturated rings. The van der Waals surface area contributed by atoms with E-state index in [1.165, 1.54) is 12.8 Å². The maximum absolute atomic E-state index is 6.09. The van der Waals surface area contributed by atoms with Gasteiger partial charge in [0.15, 0.2) is 0 Å². The minimum absolute atomic E-state index is 0.155. The first-order chi connectivity index (χ1) is 8.11. The second kappa shape index (κ2) is 8.90. The third-order valence-electron chi connectivity index (χ3n) is 4.02. The van der Waals surface area contributed by atoms with Gasteiger partial charge < -0.3 is 10.5 Å². The van der Waals surface area contributed by atoms with Gasteiger partial charge in [0.05, 0.1) is 6.61 Å². The van der Waals surface area contributed by atoms with Crippen LogP contribution in [0.4, 0.5) is 0 Å². The van der Waals surface area contributed by atoms with Crippen molar-refractivity contribution < 1.29 is 4.74 Å². The van der Waals surface area contributed by atoms with Crippen LogP contribution in [0.25, 0.3) is 0 Å². The lowest BCUT2D eigenvalue weighted by molar-refractivity contribution is 0.0182. The predicted molar refractivity (Wildman–Crippen MR) is 75.3 cm³/mol. The van der Waals surface area contributed by atoms with Crippen molar-refractivity contribution in [3.8, 4) is 0 Å². The van der Waals surface area contributed by atoms with Crippen LogP contribution in [0.3, 0.4) is 0 Å². The standard InChI is InChI=1S/C14H32N2O/c1-6-9-14(8-3,12-15)16(10-11-17-5)13(4)7-2/h13H,6-12,15H2,1-5H3. The van der Waals surface area contributed by atoms with Crippen molar-refractivity contribution in [3.05, 3.63) is 0 Å². The SMILES string of the molecule is CCCC(CC)(CN)N(CCOC)C(C)CC. The summed E-state index contributed by atoms with van der Waals surface area (Å²) < 4.78 is 5.25. The molecule has 17 heavy (non-hydrogen) atoms. The third-order valence-corrected chi connectivity index (χ3v) is 4.02. The molecule has 0 rings (SSSR count). The zero-order valence-electron chi connectivity index (χ0n) is 12.5. The molecule has 104 valence electrons. The second-order valence-corrected chi connectivity index (χ2v) is 4.98. The van der Waals surface area contributed by atoms with Crippen LogP contribution in [0, 0.1) is 0 Å². The summed E-state index contributed by atoms with van der Waals surface area (Å²) in [5.41, 5.74) is 6.24. The van der Waals surface area contributed by atoms with Gasteiger partial charge in [-0.2, -0.15) is 0 Å². The molecule has 2 atom stereocenters. The fraction of sp³-hybridized carbons (Fsp3) is 1.00. The van der Waals surface area contributed by atoms with E-state index in [0.29, 0.717) is 6.04 Å². The van der Waals surface area contributed by atoms with Gasteiger partial charge in [0, 0.05) is 31.8 Å². The van der Waals surface area contributed by atoms with E-state index in [1.54, 1.807) is 7.11 Å². The molecular weight excluding hydrogens is 212 g/mol. The van der Waals surface area contributed by atoms with E-state index < -0.39 is 0 Å². The van der Waals surface area contributed by atoms with Crippen LogP contribution in [-0.2, 0) is 4.74 Å². The van der Waals surface area contributed by atoms with Gasteiger partial charge in [-0.3, -0.25) is 4.90 Å². The van der Waals surface area contributed by atoms with Crippen molar-refractivity contribution in [1.82, 2.24) is 4.90 Å². The lowest BCUT2D eigenvalue weighted by Crippen LogP contribution is -2.57. The van der Waals surface area contributed by atoms with Crippen LogP contribution < -0.4 is 5.73 Å². The molecule has 0 spiro atoms. The molecule has 0 aromatic carbocycles. The fourth-order valence-corrected chi connectivity index (χ4v) is 2.69. The highest BCUT2D eigenvalue weighted by molar-refractivity contribution is 4.92. The summed E-state index contributed by atoms with van der Waals surface area (Å²) in [5.74, 6) is 0. The van der Waals surface area contributed by atoms with E-state index in [4.69, 9.17) is 10.5 Å². The Morgan fingerprint density at radius 3 is 2.29 bits per heavy atom. The van der Waals surface area contributed by atoms with Gasteiger partial charge in [0.2, 0.25) is 0 Å². The van der Waals surface area contributed by atoms with E-state index in [-0.39, 0.29) is 5.54 Å². The molecular formula is C14H32N2O. The van der Waals surface area contributed by atoms with Crippen LogP contribution in [0.15, 0.2) is 0 Å². The largest absolute Gasteiger partial charge is 0.383 e. The molecule has 0 aliphatic heterocycles. The number of rotatable bonds is 10. The number of hydrogen-bond donors (Lipinski definition) is 1. The molecule has 0 aromatic rings. The summed E-state index contributed by atoms with van der Waals surface area (Å²) in [6.45, 7) is 11.5. The summed E-state index contributed by atoms with van der Waals surface area (Å²) in [5, 5.41) is 0. The third kappa shape index (κ3) is 4.57. The Morgan fingerprint density at radius 1 is 1.29 bits per heavy atom. The van der Waals surface area contributed by atoms with Crippen LogP contribution in [0.2, 0.25) is 0 Å². The highest BCUT2D eigenvalue weighted by atomic mass is 16.5. The van der Waals surface area contributed by atoms with Crippen LogP contribution in [0.1, 0.15) is 53.4 Å². The summed E-state index contributed by atoms with van der Waals surface area (Å²) in [6, 6.07) is 0.570. The van der Waals surface area contributed by atoms with Gasteiger partial charge >= 0.3 is 0 Å². The molecule has 2 unspecified atom stereocenters. The van der Waals surface area contributed by atoms with Crippen LogP contribution in [0.5, 0.6) is 0 Å². The molecule has 0 radical (unpaired) electrons. The van der Waals surface area contributed by atoms with Gasteiger partial charge in [0.1, 0.15) is 0 Å². The van der Waals surface area contributed by atoms with Gasteiger partial charge in [-0.05, 0) is 26.2 Å². The molecule has 0 amide bonds. The molecule has 0 aliphatic rings. The molecule has 0 bridgehead atoms. The van der Waals surface area contributed by atoms with E-state index in [2.05, 4.69) is 32.6 Å². The Balaban J connectivity index is 4.90. The molecule has 0 aromatic heterocycles. The lowest BCUT2D eigenvalue weighted by Gasteiger charge is -2.46. The summed E-state index contributed by atoms with van der Waals surface area (Å²) in [6.07, 6.45) is 4.64. The van der Waals surface area contributed by atoms with Crippen molar-refractivity contribution in [2.24, 2.45) is 5.73 Å². The topological polar surface area (TPSA) is 38.5 Å². The van der Waals surface area contributed by atoms with E-state index >= 15 is 0 Å². The smallest absolute Gasteiger partial charge is 0.0590 e. The Labute approximate surface area is 108 Å². The Morgan fingerprint density at radius 2 is 1.94 bits per heavy atom. The molecule has 3 nitrogen and oxygen atoms in total. The Bertz CT molecular complexity index is 181. The monoisotopic (exact) mass is 244 g/mol. The molecule has 0 aliphatic carbocycles. The maximum atomic E-state index is 6.09. The van der Waals surface area contributed by atoms with Gasteiger partial charge in [-0.15, -0.1) is 0 Å². The van der Waals surface area contributed by atoms with Crippen LogP contribution in [-0.4, -0.2) is 43.3 Å². The van der Waals surface area contributed by atoms with E-state index in [9.17, 15) is 0 Å². The average molecular weight is 244 g/mol. The quantitative estimate of drug-likeness (QED) is 0.642. The zero-order valence-corrected chi connectivity index (χ0v) is 12.5. The maximum Gasteiger partial charge on any atom is 0.0590 e. The molecule has 0 heterocycles. The van der Waals surface area contributed by atoms with Crippen molar-refractivity contribution in [2.75, 3.05) is 26.8 Å². The van der Waals surface area contributed by atoms with Crippen LogP contribution >= 0.6 is 0 Å². The second-order valence-electron chi connectivity index (χ2n) is 4.98. The summed E-state index contributed by atoms with van der Waals surface area (Å²) in [7, 11) is 1.77. The zero-order chi connectivity index (χ0) is 13.3. The number of nitrogens with two attached hydrogens (primary N) is 1. The Hall–Kier alpha value is -0.120. The van der Waals surface area contributed by atoms with Gasteiger partial charge in [-0.25, -0.2) is 0 Å². The number of methoxy groups -OCH3 is 1. The number of hydrogen-bond acceptors (Lipinski definition) is 3. The number of ether oxygens (including phenoxy) is 1. The van der Waals surface area contributed by atoms with Crippen molar-refractivity contribution in [3.63, 3.8) is 0 Å². The molecule has 3 heteroatoms. The minimum atomic E-state index is 0.155. The molecule has 0 saturated carbocycles. The highest BCUT2D eigenvalue weighted by Gasteiger charge is 2.34. The molecule has 0 saturated heterocycles. The first kappa shape index (κ1) is 16.9. The van der Waals surface area contributed by atoms with Gasteiger partial charge in [-0.1, -0.05) is 27.2 Å². The normalized spacial score (nSPS) is 17.1. The molecule has 2 N–H and O–H groups in total. The van der Waals surface area contributed by atoms with E-state index in [1.807, 2.05) is 0 Å². The lowest BCUT2D eigenvalue weighted by atomic mass is 9.87. The minimum Gasteiger partial charge on any atom is -0.383 e. The average Bonchev–Trinajstić information content (AvgIpc) is 2.37. The van der Waals surface area contributed by atoms with Crippen molar-refractivity contribution in [1.29, 1.82) is 0 Å². The van der Waals surface area contributed by atoms with Crippen molar-refractivity contribution in [2.45, 2.75) is 65.0 Å². The fourth-order valence-electron chi connectivity index (χ4n) is 2.69. The highest BCUT2D eigenvalue weighted by Crippen LogP contribution is 2.27. The summed E-state index contributed by atoms with van der Waals surface area (Å²) >= 11 is 0. The van der Waals surface area contributed by atoms with Gasteiger partial charge in [0.25, 0.3) is 0 Å².